The number of nitrogens with zero attached hydrogens (tertiary/aromatic N) is 3. The van der Waals surface area contributed by atoms with E-state index in [1.165, 1.54) is 7.11 Å². The predicted octanol–water partition coefficient (Wildman–Crippen LogP) is 3.62. The number of anilines is 1. The number of piperazine rings is 1. The molecule has 8 heteroatoms. The summed E-state index contributed by atoms with van der Waals surface area (Å²) in [5, 5.41) is 9.79. The lowest BCUT2D eigenvalue weighted by atomic mass is 10.0. The second kappa shape index (κ2) is 13.0. The van der Waals surface area contributed by atoms with Crippen molar-refractivity contribution in [3.8, 4) is 17.6 Å². The Balaban J connectivity index is 1.82. The molecular formula is C28H31N3O5. The summed E-state index contributed by atoms with van der Waals surface area (Å²) in [6.07, 6.45) is 3.70. The van der Waals surface area contributed by atoms with Gasteiger partial charge in [-0.2, -0.15) is 5.26 Å². The number of benzene rings is 2. The number of esters is 1. The van der Waals surface area contributed by atoms with E-state index in [1.54, 1.807) is 29.2 Å². The van der Waals surface area contributed by atoms with Crippen LogP contribution in [0.2, 0.25) is 0 Å². The highest BCUT2D eigenvalue weighted by Crippen LogP contribution is 2.35. The maximum Gasteiger partial charge on any atom is 0.343 e. The standard InChI is InChI=1S/C28H31N3O5/c1-4-9-22-16-21(18-25(35-5-2)27(22)36-20-26(32)34-3)17-23(19-29)28(33)31-14-12-30(13-15-31)24-10-7-6-8-11-24/h4,6-8,10-11,16-18H,1,5,9,12-15,20H2,2-3H3/b23-17-. The molecule has 3 rings (SSSR count). The monoisotopic (exact) mass is 489 g/mol. The molecule has 0 aliphatic carbocycles. The number of rotatable bonds is 10. The van der Waals surface area contributed by atoms with Crippen LogP contribution >= 0.6 is 0 Å². The van der Waals surface area contributed by atoms with Gasteiger partial charge in [0, 0.05) is 37.4 Å². The zero-order valence-electron chi connectivity index (χ0n) is 20.7. The first-order valence-electron chi connectivity index (χ1n) is 11.8. The molecule has 1 fully saturated rings. The van der Waals surface area contributed by atoms with Crippen molar-refractivity contribution in [2.24, 2.45) is 0 Å². The number of carbonyl (C=O) groups excluding carboxylic acids is 2. The maximum absolute atomic E-state index is 13.2. The van der Waals surface area contributed by atoms with Gasteiger partial charge in [0.25, 0.3) is 5.91 Å². The zero-order chi connectivity index (χ0) is 25.9. The molecule has 0 spiro atoms. The smallest absolute Gasteiger partial charge is 0.343 e. The Morgan fingerprint density at radius 3 is 2.44 bits per heavy atom. The molecule has 2 aromatic rings. The largest absolute Gasteiger partial charge is 0.490 e. The SMILES string of the molecule is C=CCc1cc(/C=C(/C#N)C(=O)N2CCN(c3ccccc3)CC2)cc(OCC)c1OCC(=O)OC. The van der Waals surface area contributed by atoms with Crippen LogP contribution in [-0.2, 0) is 20.7 Å². The lowest BCUT2D eigenvalue weighted by molar-refractivity contribution is -0.143. The van der Waals surface area contributed by atoms with E-state index in [0.29, 0.717) is 61.8 Å². The first-order valence-corrected chi connectivity index (χ1v) is 11.8. The molecule has 1 saturated heterocycles. The van der Waals surface area contributed by atoms with Crippen LogP contribution in [0.1, 0.15) is 18.1 Å². The summed E-state index contributed by atoms with van der Waals surface area (Å²) >= 11 is 0. The van der Waals surface area contributed by atoms with Gasteiger partial charge in [-0.3, -0.25) is 4.79 Å². The molecule has 0 saturated carbocycles. The molecule has 188 valence electrons. The molecule has 1 aliphatic heterocycles. The van der Waals surface area contributed by atoms with Gasteiger partial charge in [0.2, 0.25) is 0 Å². The summed E-state index contributed by atoms with van der Waals surface area (Å²) in [4.78, 5) is 28.7. The lowest BCUT2D eigenvalue weighted by Gasteiger charge is -2.36. The van der Waals surface area contributed by atoms with Crippen molar-refractivity contribution in [2.75, 3.05) is 51.4 Å². The van der Waals surface area contributed by atoms with E-state index >= 15 is 0 Å². The molecule has 0 aromatic heterocycles. The Morgan fingerprint density at radius 2 is 1.83 bits per heavy atom. The molecule has 1 heterocycles. The van der Waals surface area contributed by atoms with Gasteiger partial charge in [-0.1, -0.05) is 24.3 Å². The normalized spacial score (nSPS) is 13.5. The third-order valence-electron chi connectivity index (χ3n) is 5.73. The quantitative estimate of drug-likeness (QED) is 0.218. The van der Waals surface area contributed by atoms with Gasteiger partial charge >= 0.3 is 5.97 Å². The number of carbonyl (C=O) groups is 2. The van der Waals surface area contributed by atoms with Crippen LogP contribution in [-0.4, -0.2) is 63.3 Å². The van der Waals surface area contributed by atoms with Crippen LogP contribution in [0.25, 0.3) is 6.08 Å². The van der Waals surface area contributed by atoms with Gasteiger partial charge in [-0.15, -0.1) is 6.58 Å². The Morgan fingerprint density at radius 1 is 1.11 bits per heavy atom. The van der Waals surface area contributed by atoms with Crippen molar-refractivity contribution in [3.05, 3.63) is 71.8 Å². The molecule has 0 atom stereocenters. The van der Waals surface area contributed by atoms with Crippen LogP contribution < -0.4 is 14.4 Å². The van der Waals surface area contributed by atoms with Crippen molar-refractivity contribution in [3.63, 3.8) is 0 Å². The van der Waals surface area contributed by atoms with Crippen molar-refractivity contribution in [2.45, 2.75) is 13.3 Å². The Kier molecular flexibility index (Phi) is 9.52. The number of allylic oxidation sites excluding steroid dienone is 1. The van der Waals surface area contributed by atoms with E-state index in [0.717, 1.165) is 5.69 Å². The number of ether oxygens (including phenoxy) is 3. The highest BCUT2D eigenvalue weighted by molar-refractivity contribution is 6.02. The predicted molar refractivity (Wildman–Crippen MR) is 138 cm³/mol. The minimum absolute atomic E-state index is 0.0402. The van der Waals surface area contributed by atoms with Crippen molar-refractivity contribution < 1.29 is 23.8 Å². The molecule has 8 nitrogen and oxygen atoms in total. The summed E-state index contributed by atoms with van der Waals surface area (Å²) in [5.74, 6) is -0.00968. The highest BCUT2D eigenvalue weighted by Gasteiger charge is 2.24. The summed E-state index contributed by atoms with van der Waals surface area (Å²) in [6, 6.07) is 15.6. The van der Waals surface area contributed by atoms with Gasteiger partial charge in [0.15, 0.2) is 18.1 Å². The van der Waals surface area contributed by atoms with Crippen molar-refractivity contribution >= 4 is 23.6 Å². The minimum Gasteiger partial charge on any atom is -0.490 e. The van der Waals surface area contributed by atoms with Gasteiger partial charge in [-0.25, -0.2) is 4.79 Å². The van der Waals surface area contributed by atoms with Crippen LogP contribution in [0.15, 0.2) is 60.7 Å². The fourth-order valence-electron chi connectivity index (χ4n) is 3.98. The molecule has 2 aromatic carbocycles. The van der Waals surface area contributed by atoms with E-state index in [2.05, 4.69) is 22.3 Å². The van der Waals surface area contributed by atoms with E-state index in [-0.39, 0.29) is 18.1 Å². The fraction of sp³-hybridized carbons (Fsp3) is 0.321. The Hall–Kier alpha value is -4.25. The van der Waals surface area contributed by atoms with Crippen LogP contribution in [0.4, 0.5) is 5.69 Å². The van der Waals surface area contributed by atoms with E-state index in [4.69, 9.17) is 9.47 Å². The summed E-state index contributed by atoms with van der Waals surface area (Å²) in [5.41, 5.74) is 2.49. The third-order valence-corrected chi connectivity index (χ3v) is 5.73. The van der Waals surface area contributed by atoms with Gasteiger partial charge in [-0.05, 0) is 49.2 Å². The molecule has 0 N–H and O–H groups in total. The van der Waals surface area contributed by atoms with E-state index < -0.39 is 5.97 Å². The summed E-state index contributed by atoms with van der Waals surface area (Å²) < 4.78 is 16.1. The van der Waals surface area contributed by atoms with Crippen molar-refractivity contribution in [1.82, 2.24) is 4.90 Å². The average Bonchev–Trinajstić information content (AvgIpc) is 2.91. The van der Waals surface area contributed by atoms with Gasteiger partial charge < -0.3 is 24.0 Å². The van der Waals surface area contributed by atoms with Crippen LogP contribution in [0.3, 0.4) is 0 Å². The molecule has 1 amide bonds. The van der Waals surface area contributed by atoms with Crippen molar-refractivity contribution in [1.29, 1.82) is 5.26 Å². The second-order valence-electron chi connectivity index (χ2n) is 8.08. The van der Waals surface area contributed by atoms with Gasteiger partial charge in [0.05, 0.1) is 13.7 Å². The Bertz CT molecular complexity index is 1150. The fourth-order valence-corrected chi connectivity index (χ4v) is 3.98. The van der Waals surface area contributed by atoms with E-state index in [9.17, 15) is 14.9 Å². The first-order chi connectivity index (χ1) is 17.5. The minimum atomic E-state index is -0.518. The third kappa shape index (κ3) is 6.66. The zero-order valence-corrected chi connectivity index (χ0v) is 20.7. The number of hydrogen-bond acceptors (Lipinski definition) is 7. The molecule has 0 radical (unpaired) electrons. The summed E-state index contributed by atoms with van der Waals surface area (Å²) in [7, 11) is 1.29. The number of para-hydroxylation sites is 1. The number of nitriles is 1. The molecule has 0 bridgehead atoms. The Labute approximate surface area is 212 Å². The average molecular weight is 490 g/mol. The molecule has 36 heavy (non-hydrogen) atoms. The van der Waals surface area contributed by atoms with E-state index in [1.807, 2.05) is 37.3 Å². The molecular weight excluding hydrogens is 458 g/mol. The van der Waals surface area contributed by atoms with Crippen LogP contribution in [0, 0.1) is 11.3 Å². The van der Waals surface area contributed by atoms with Crippen LogP contribution in [0.5, 0.6) is 11.5 Å². The number of hydrogen-bond donors (Lipinski definition) is 0. The maximum atomic E-state index is 13.2. The molecule has 0 unspecified atom stereocenters. The lowest BCUT2D eigenvalue weighted by Crippen LogP contribution is -2.49. The topological polar surface area (TPSA) is 92.1 Å². The summed E-state index contributed by atoms with van der Waals surface area (Å²) in [6.45, 7) is 8.15. The highest BCUT2D eigenvalue weighted by atomic mass is 16.6. The second-order valence-corrected chi connectivity index (χ2v) is 8.08. The molecule has 1 aliphatic rings. The number of methoxy groups -OCH3 is 1. The van der Waals surface area contributed by atoms with Gasteiger partial charge in [0.1, 0.15) is 11.6 Å². The number of amides is 1. The first kappa shape index (κ1) is 26.4.